The van der Waals surface area contributed by atoms with Crippen LogP contribution in [0.25, 0.3) is 0 Å². The smallest absolute Gasteiger partial charge is 0.0749 e. The van der Waals surface area contributed by atoms with Crippen molar-refractivity contribution >= 4 is 11.8 Å². The van der Waals surface area contributed by atoms with Crippen LogP contribution in [-0.4, -0.2) is 28.8 Å². The highest BCUT2D eigenvalue weighted by Crippen LogP contribution is 2.12. The number of hydrogen-bond acceptors (Lipinski definition) is 3. The Morgan fingerprint density at radius 2 is 2.09 bits per heavy atom. The summed E-state index contributed by atoms with van der Waals surface area (Å²) < 4.78 is 0. The minimum absolute atomic E-state index is 0.361. The molecule has 0 fully saturated rings. The Kier molecular flexibility index (Phi) is 6.01. The van der Waals surface area contributed by atoms with Crippen molar-refractivity contribution in [2.75, 3.05) is 18.1 Å². The van der Waals surface area contributed by atoms with Crippen LogP contribution in [0.15, 0.2) is 0 Å². The fourth-order valence-electron chi connectivity index (χ4n) is 0.641. The quantitative estimate of drug-likeness (QED) is 0.600. The van der Waals surface area contributed by atoms with Gasteiger partial charge in [0, 0.05) is 6.54 Å². The Balaban J connectivity index is 3.23. The Labute approximate surface area is 73.6 Å². The molecule has 0 rings (SSSR count). The molecule has 0 bridgehead atoms. The molecule has 0 amide bonds. The van der Waals surface area contributed by atoms with Crippen molar-refractivity contribution in [3.8, 4) is 0 Å². The molecular formula is C8H19NOS. The Morgan fingerprint density at radius 3 is 2.55 bits per heavy atom. The van der Waals surface area contributed by atoms with E-state index in [2.05, 4.69) is 6.92 Å². The van der Waals surface area contributed by atoms with E-state index in [1.54, 1.807) is 6.92 Å². The number of rotatable bonds is 6. The summed E-state index contributed by atoms with van der Waals surface area (Å²) in [5.41, 5.74) is 4.71. The third kappa shape index (κ3) is 6.66. The lowest BCUT2D eigenvalue weighted by atomic mass is 10.1. The third-order valence-corrected chi connectivity index (χ3v) is 2.76. The van der Waals surface area contributed by atoms with Crippen molar-refractivity contribution < 1.29 is 5.11 Å². The van der Waals surface area contributed by atoms with Crippen LogP contribution in [0.2, 0.25) is 0 Å². The van der Waals surface area contributed by atoms with Crippen LogP contribution < -0.4 is 5.73 Å². The predicted molar refractivity (Wildman–Crippen MR) is 51.9 cm³/mol. The van der Waals surface area contributed by atoms with Crippen LogP contribution in [0.1, 0.15) is 26.7 Å². The van der Waals surface area contributed by atoms with Gasteiger partial charge in [0.05, 0.1) is 5.60 Å². The van der Waals surface area contributed by atoms with E-state index in [4.69, 9.17) is 5.73 Å². The zero-order chi connectivity index (χ0) is 8.74. The zero-order valence-electron chi connectivity index (χ0n) is 7.47. The topological polar surface area (TPSA) is 46.2 Å². The molecule has 0 spiro atoms. The van der Waals surface area contributed by atoms with Crippen molar-refractivity contribution in [1.82, 2.24) is 0 Å². The summed E-state index contributed by atoms with van der Waals surface area (Å²) >= 11 is 1.88. The van der Waals surface area contributed by atoms with Crippen LogP contribution in [0.3, 0.4) is 0 Å². The third-order valence-electron chi connectivity index (χ3n) is 1.57. The molecule has 11 heavy (non-hydrogen) atoms. The first-order valence-electron chi connectivity index (χ1n) is 4.12. The minimum Gasteiger partial charge on any atom is -0.389 e. The Morgan fingerprint density at radius 1 is 1.45 bits per heavy atom. The summed E-state index contributed by atoms with van der Waals surface area (Å²) in [6.07, 6.45) is 2.00. The van der Waals surface area contributed by atoms with Crippen LogP contribution in [0.5, 0.6) is 0 Å². The monoisotopic (exact) mass is 177 g/mol. The number of nitrogens with two attached hydrogens (primary N) is 1. The maximum absolute atomic E-state index is 9.48. The highest BCUT2D eigenvalue weighted by atomic mass is 32.2. The van der Waals surface area contributed by atoms with Crippen molar-refractivity contribution in [2.45, 2.75) is 32.3 Å². The molecular weight excluding hydrogens is 158 g/mol. The molecule has 0 aliphatic rings. The average molecular weight is 177 g/mol. The SMILES string of the molecule is CCCSCCC(C)(O)CN. The molecule has 3 N–H and O–H groups in total. The molecule has 0 saturated carbocycles. The average Bonchev–Trinajstić information content (AvgIpc) is 1.99. The summed E-state index contributed by atoms with van der Waals surface area (Å²) in [5, 5.41) is 9.48. The molecule has 3 heteroatoms. The fraction of sp³-hybridized carbons (Fsp3) is 1.00. The minimum atomic E-state index is -0.652. The van der Waals surface area contributed by atoms with E-state index in [-0.39, 0.29) is 0 Å². The second kappa shape index (κ2) is 5.86. The summed E-state index contributed by atoms with van der Waals surface area (Å²) in [4.78, 5) is 0. The van der Waals surface area contributed by atoms with Gasteiger partial charge in [0.2, 0.25) is 0 Å². The molecule has 0 aromatic carbocycles. The van der Waals surface area contributed by atoms with Gasteiger partial charge in [-0.05, 0) is 31.3 Å². The molecule has 2 nitrogen and oxygen atoms in total. The highest BCUT2D eigenvalue weighted by molar-refractivity contribution is 7.99. The maximum atomic E-state index is 9.48. The van der Waals surface area contributed by atoms with Crippen LogP contribution in [0, 0.1) is 0 Å². The van der Waals surface area contributed by atoms with Gasteiger partial charge >= 0.3 is 0 Å². The van der Waals surface area contributed by atoms with Gasteiger partial charge < -0.3 is 10.8 Å². The van der Waals surface area contributed by atoms with Crippen molar-refractivity contribution in [3.63, 3.8) is 0 Å². The van der Waals surface area contributed by atoms with E-state index in [0.29, 0.717) is 6.54 Å². The molecule has 0 radical (unpaired) electrons. The predicted octanol–water partition coefficient (Wildman–Crippen LogP) is 1.23. The van der Waals surface area contributed by atoms with Gasteiger partial charge in [-0.2, -0.15) is 11.8 Å². The summed E-state index contributed by atoms with van der Waals surface area (Å²) in [7, 11) is 0. The van der Waals surface area contributed by atoms with E-state index in [1.165, 1.54) is 12.2 Å². The zero-order valence-corrected chi connectivity index (χ0v) is 8.28. The summed E-state index contributed by atoms with van der Waals surface area (Å²) in [6, 6.07) is 0. The van der Waals surface area contributed by atoms with Crippen LogP contribution in [-0.2, 0) is 0 Å². The first-order chi connectivity index (χ1) is 5.12. The molecule has 0 aliphatic heterocycles. The van der Waals surface area contributed by atoms with Gasteiger partial charge in [0.1, 0.15) is 0 Å². The largest absolute Gasteiger partial charge is 0.389 e. The van der Waals surface area contributed by atoms with Crippen molar-refractivity contribution in [1.29, 1.82) is 0 Å². The van der Waals surface area contributed by atoms with Gasteiger partial charge in [-0.3, -0.25) is 0 Å². The molecule has 1 atom stereocenters. The van der Waals surface area contributed by atoms with Gasteiger partial charge in [0.15, 0.2) is 0 Å². The lowest BCUT2D eigenvalue weighted by Crippen LogP contribution is -2.34. The summed E-state index contributed by atoms with van der Waals surface area (Å²) in [6.45, 7) is 4.31. The van der Waals surface area contributed by atoms with Gasteiger partial charge in [0.25, 0.3) is 0 Å². The van der Waals surface area contributed by atoms with Gasteiger partial charge in [-0.15, -0.1) is 0 Å². The molecule has 0 heterocycles. The van der Waals surface area contributed by atoms with E-state index in [0.717, 1.165) is 12.2 Å². The van der Waals surface area contributed by atoms with Crippen LogP contribution in [0.4, 0.5) is 0 Å². The summed E-state index contributed by atoms with van der Waals surface area (Å²) in [5.74, 6) is 2.19. The number of aliphatic hydroxyl groups is 1. The normalized spacial score (nSPS) is 16.4. The molecule has 1 unspecified atom stereocenters. The first-order valence-corrected chi connectivity index (χ1v) is 5.28. The van der Waals surface area contributed by atoms with Gasteiger partial charge in [-0.1, -0.05) is 6.92 Å². The number of thioether (sulfide) groups is 1. The molecule has 0 aromatic heterocycles. The van der Waals surface area contributed by atoms with E-state index >= 15 is 0 Å². The van der Waals surface area contributed by atoms with Gasteiger partial charge in [-0.25, -0.2) is 0 Å². The lowest BCUT2D eigenvalue weighted by Gasteiger charge is -2.20. The Hall–Kier alpha value is 0.270. The first kappa shape index (κ1) is 11.3. The molecule has 0 aliphatic carbocycles. The molecule has 0 aromatic rings. The lowest BCUT2D eigenvalue weighted by molar-refractivity contribution is 0.0665. The van der Waals surface area contributed by atoms with Crippen molar-refractivity contribution in [3.05, 3.63) is 0 Å². The van der Waals surface area contributed by atoms with Crippen molar-refractivity contribution in [2.24, 2.45) is 5.73 Å². The second-order valence-corrected chi connectivity index (χ2v) is 4.29. The highest BCUT2D eigenvalue weighted by Gasteiger charge is 2.16. The standard InChI is InChI=1S/C8H19NOS/c1-3-5-11-6-4-8(2,10)7-9/h10H,3-7,9H2,1-2H3. The van der Waals surface area contributed by atoms with E-state index in [1.807, 2.05) is 11.8 Å². The van der Waals surface area contributed by atoms with E-state index in [9.17, 15) is 5.11 Å². The van der Waals surface area contributed by atoms with Crippen LogP contribution >= 0.6 is 11.8 Å². The fourth-order valence-corrected chi connectivity index (χ4v) is 1.72. The molecule has 68 valence electrons. The Bertz CT molecular complexity index is 96.1. The number of hydrogen-bond donors (Lipinski definition) is 2. The maximum Gasteiger partial charge on any atom is 0.0749 e. The molecule has 0 saturated heterocycles. The second-order valence-electron chi connectivity index (χ2n) is 3.06. The van der Waals surface area contributed by atoms with E-state index < -0.39 is 5.60 Å².